The Balaban J connectivity index is 1.66. The summed E-state index contributed by atoms with van der Waals surface area (Å²) in [6.45, 7) is 7.59. The monoisotopic (exact) mass is 329 g/mol. The Morgan fingerprint density at radius 1 is 1.29 bits per heavy atom. The van der Waals surface area contributed by atoms with E-state index in [1.807, 2.05) is 24.8 Å². The van der Waals surface area contributed by atoms with Gasteiger partial charge in [-0.05, 0) is 26.3 Å². The van der Waals surface area contributed by atoms with Crippen molar-refractivity contribution < 1.29 is 8.81 Å². The van der Waals surface area contributed by atoms with Gasteiger partial charge in [-0.3, -0.25) is 4.90 Å². The number of rotatable bonds is 3. The molecule has 24 heavy (non-hydrogen) atoms. The predicted octanol–water partition coefficient (Wildman–Crippen LogP) is 2.41. The van der Waals surface area contributed by atoms with Crippen LogP contribution in [0.1, 0.15) is 29.3 Å². The Morgan fingerprint density at radius 2 is 2.12 bits per heavy atom. The maximum Gasteiger partial charge on any atom is 0.208 e. The fraction of sp³-hybridized carbons (Fsp3) is 0.471. The molecule has 6 nitrogen and oxygen atoms in total. The van der Waals surface area contributed by atoms with Crippen molar-refractivity contribution in [3.63, 3.8) is 0 Å². The topological polar surface area (TPSA) is 69.2 Å². The van der Waals surface area contributed by atoms with Gasteiger partial charge >= 0.3 is 0 Å². The third kappa shape index (κ3) is 3.54. The number of hydrogen-bond acceptors (Lipinski definition) is 6. The Hall–Kier alpha value is -2.46. The zero-order chi connectivity index (χ0) is 17.1. The lowest BCUT2D eigenvalue weighted by molar-refractivity contribution is 0.253. The van der Waals surface area contributed by atoms with Gasteiger partial charge in [0.05, 0.1) is 17.8 Å². The molecule has 1 aliphatic rings. The van der Waals surface area contributed by atoms with Crippen molar-refractivity contribution in [2.75, 3.05) is 31.1 Å². The van der Waals surface area contributed by atoms with Gasteiger partial charge in [-0.25, -0.2) is 14.4 Å². The van der Waals surface area contributed by atoms with E-state index in [0.29, 0.717) is 18.9 Å². The highest BCUT2D eigenvalue weighted by Crippen LogP contribution is 2.19. The van der Waals surface area contributed by atoms with E-state index in [4.69, 9.17) is 9.68 Å². The Kier molecular flexibility index (Phi) is 4.76. The van der Waals surface area contributed by atoms with Crippen LogP contribution < -0.4 is 4.90 Å². The van der Waals surface area contributed by atoms with E-state index in [0.717, 1.165) is 43.4 Å². The molecule has 126 valence electrons. The first-order valence-corrected chi connectivity index (χ1v) is 8.02. The van der Waals surface area contributed by atoms with Crippen LogP contribution in [0, 0.1) is 31.0 Å². The van der Waals surface area contributed by atoms with Crippen LogP contribution in [-0.4, -0.2) is 41.0 Å². The molecule has 1 fully saturated rings. The van der Waals surface area contributed by atoms with Crippen molar-refractivity contribution in [2.45, 2.75) is 26.8 Å². The third-order valence-corrected chi connectivity index (χ3v) is 4.27. The van der Waals surface area contributed by atoms with E-state index in [2.05, 4.69) is 14.9 Å². The zero-order valence-electron chi connectivity index (χ0n) is 13.9. The zero-order valence-corrected chi connectivity index (χ0v) is 13.9. The number of nitriles is 1. The van der Waals surface area contributed by atoms with Crippen molar-refractivity contribution in [1.82, 2.24) is 14.9 Å². The summed E-state index contributed by atoms with van der Waals surface area (Å²) in [6.07, 6.45) is 2.32. The molecule has 2 aromatic rings. The number of nitrogens with zero attached hydrogens (tertiary/aromatic N) is 5. The van der Waals surface area contributed by atoms with E-state index in [1.165, 1.54) is 12.3 Å². The molecule has 7 heteroatoms. The van der Waals surface area contributed by atoms with Crippen molar-refractivity contribution in [1.29, 1.82) is 5.26 Å². The number of aryl methyl sites for hydroxylation is 2. The standard InChI is InChI=1S/C17H20FN5O/c1-12-13(2)24-16(21-12)11-22-4-3-5-23(7-6-22)17-15(18)8-14(9-19)10-20-17/h8,10H,3-7,11H2,1-2H3. The number of hydrogen-bond donors (Lipinski definition) is 0. The van der Waals surface area contributed by atoms with Crippen LogP contribution in [0.15, 0.2) is 16.7 Å². The second kappa shape index (κ2) is 6.97. The Morgan fingerprint density at radius 3 is 2.79 bits per heavy atom. The lowest BCUT2D eigenvalue weighted by Gasteiger charge is -2.22. The maximum atomic E-state index is 14.2. The molecule has 0 spiro atoms. The highest BCUT2D eigenvalue weighted by atomic mass is 19.1. The molecule has 0 N–H and O–H groups in total. The molecule has 0 radical (unpaired) electrons. The summed E-state index contributed by atoms with van der Waals surface area (Å²) in [4.78, 5) is 12.7. The number of halogens is 1. The Labute approximate surface area is 140 Å². The predicted molar refractivity (Wildman–Crippen MR) is 87.0 cm³/mol. The van der Waals surface area contributed by atoms with Gasteiger partial charge in [-0.1, -0.05) is 0 Å². The molecule has 0 saturated carbocycles. The minimum atomic E-state index is -0.443. The van der Waals surface area contributed by atoms with Crippen LogP contribution in [0.25, 0.3) is 0 Å². The lowest BCUT2D eigenvalue weighted by atomic mass is 10.3. The second-order valence-electron chi connectivity index (χ2n) is 6.01. The van der Waals surface area contributed by atoms with Gasteiger partial charge in [0, 0.05) is 32.4 Å². The van der Waals surface area contributed by atoms with Gasteiger partial charge < -0.3 is 9.32 Å². The molecule has 0 unspecified atom stereocenters. The van der Waals surface area contributed by atoms with Crippen LogP contribution >= 0.6 is 0 Å². The van der Waals surface area contributed by atoms with Gasteiger partial charge in [-0.2, -0.15) is 5.26 Å². The number of aromatic nitrogens is 2. The van der Waals surface area contributed by atoms with Crippen molar-refractivity contribution in [2.24, 2.45) is 0 Å². The summed E-state index contributed by atoms with van der Waals surface area (Å²) in [5, 5.41) is 8.81. The van der Waals surface area contributed by atoms with E-state index >= 15 is 0 Å². The molecular formula is C17H20FN5O. The third-order valence-electron chi connectivity index (χ3n) is 4.27. The van der Waals surface area contributed by atoms with Crippen molar-refractivity contribution in [3.8, 4) is 6.07 Å². The number of pyridine rings is 1. The minimum Gasteiger partial charge on any atom is -0.444 e. The quantitative estimate of drug-likeness (QED) is 0.861. The molecule has 1 aliphatic heterocycles. The van der Waals surface area contributed by atoms with Gasteiger partial charge in [0.15, 0.2) is 11.6 Å². The maximum absolute atomic E-state index is 14.2. The highest BCUT2D eigenvalue weighted by Gasteiger charge is 2.20. The van der Waals surface area contributed by atoms with Crippen molar-refractivity contribution >= 4 is 5.82 Å². The molecule has 0 atom stereocenters. The van der Waals surface area contributed by atoms with E-state index in [9.17, 15) is 4.39 Å². The fourth-order valence-corrected chi connectivity index (χ4v) is 2.86. The minimum absolute atomic E-state index is 0.238. The van der Waals surface area contributed by atoms with Crippen molar-refractivity contribution in [3.05, 3.63) is 41.0 Å². The van der Waals surface area contributed by atoms with Crippen LogP contribution in [0.2, 0.25) is 0 Å². The largest absolute Gasteiger partial charge is 0.444 e. The summed E-state index contributed by atoms with van der Waals surface area (Å²) < 4.78 is 19.8. The SMILES string of the molecule is Cc1nc(CN2CCCN(c3ncc(C#N)cc3F)CC2)oc1C. The molecular weight excluding hydrogens is 309 g/mol. The first kappa shape index (κ1) is 16.4. The van der Waals surface area contributed by atoms with Gasteiger partial charge in [0.25, 0.3) is 0 Å². The van der Waals surface area contributed by atoms with Gasteiger partial charge in [-0.15, -0.1) is 0 Å². The van der Waals surface area contributed by atoms with Crippen LogP contribution in [-0.2, 0) is 6.54 Å². The first-order chi connectivity index (χ1) is 11.6. The average Bonchev–Trinajstić information content (AvgIpc) is 2.75. The van der Waals surface area contributed by atoms with E-state index in [1.54, 1.807) is 0 Å². The molecule has 0 bridgehead atoms. The number of oxazole rings is 1. The lowest BCUT2D eigenvalue weighted by Crippen LogP contribution is -2.31. The summed E-state index contributed by atoms with van der Waals surface area (Å²) in [6, 6.07) is 3.14. The molecule has 3 rings (SSSR count). The van der Waals surface area contributed by atoms with Crippen LogP contribution in [0.3, 0.4) is 0 Å². The van der Waals surface area contributed by atoms with Gasteiger partial charge in [0.1, 0.15) is 11.8 Å². The van der Waals surface area contributed by atoms with E-state index in [-0.39, 0.29) is 5.56 Å². The average molecular weight is 329 g/mol. The smallest absolute Gasteiger partial charge is 0.208 e. The molecule has 3 heterocycles. The normalized spacial score (nSPS) is 16.0. The molecule has 1 saturated heterocycles. The Bertz CT molecular complexity index is 747. The fourth-order valence-electron chi connectivity index (χ4n) is 2.86. The summed E-state index contributed by atoms with van der Waals surface area (Å²) >= 11 is 0. The summed E-state index contributed by atoms with van der Waals surface area (Å²) in [5.74, 6) is 1.45. The number of anilines is 1. The summed E-state index contributed by atoms with van der Waals surface area (Å²) in [5.41, 5.74) is 1.16. The summed E-state index contributed by atoms with van der Waals surface area (Å²) in [7, 11) is 0. The van der Waals surface area contributed by atoms with Gasteiger partial charge in [0.2, 0.25) is 5.89 Å². The van der Waals surface area contributed by atoms with E-state index < -0.39 is 5.82 Å². The molecule has 2 aromatic heterocycles. The first-order valence-electron chi connectivity index (χ1n) is 8.02. The van der Waals surface area contributed by atoms with Crippen LogP contribution in [0.5, 0.6) is 0 Å². The molecule has 0 aromatic carbocycles. The van der Waals surface area contributed by atoms with Crippen LogP contribution in [0.4, 0.5) is 10.2 Å². The highest BCUT2D eigenvalue weighted by molar-refractivity contribution is 5.43. The molecule has 0 amide bonds. The second-order valence-corrected chi connectivity index (χ2v) is 6.01. The molecule has 0 aliphatic carbocycles.